The second-order valence-corrected chi connectivity index (χ2v) is 7.10. The Morgan fingerprint density at radius 2 is 2.12 bits per heavy atom. The molecule has 2 aliphatic rings. The Bertz CT molecular complexity index is 937. The van der Waals surface area contributed by atoms with Crippen LogP contribution in [-0.2, 0) is 0 Å². The van der Waals surface area contributed by atoms with Crippen LogP contribution in [0.1, 0.15) is 18.4 Å². The van der Waals surface area contributed by atoms with E-state index in [0.717, 1.165) is 53.4 Å². The standard InChI is InChI=1S/C18H16N4OS/c1-2-5-14-13(4-1)6-8-18(23-14)7-3-9-22(10-18)16-15-17(20-11-19-16)24-12-21-15/h1-2,4-6,8,11-12H,3,7,9-10H2. The van der Waals surface area contributed by atoms with Crippen LogP contribution in [0.3, 0.4) is 0 Å². The van der Waals surface area contributed by atoms with Crippen molar-refractivity contribution < 1.29 is 4.74 Å². The number of fused-ring (bicyclic) bond motifs is 2. The van der Waals surface area contributed by atoms with Crippen LogP contribution in [0, 0.1) is 0 Å². The van der Waals surface area contributed by atoms with Crippen molar-refractivity contribution in [3.8, 4) is 5.75 Å². The number of ether oxygens (including phenoxy) is 1. The zero-order chi connectivity index (χ0) is 16.0. The maximum atomic E-state index is 6.42. The summed E-state index contributed by atoms with van der Waals surface area (Å²) in [6.07, 6.45) is 8.09. The van der Waals surface area contributed by atoms with Gasteiger partial charge in [0.1, 0.15) is 28.0 Å². The molecule has 0 saturated carbocycles. The number of hydrogen-bond acceptors (Lipinski definition) is 6. The highest BCUT2D eigenvalue weighted by Gasteiger charge is 2.38. The van der Waals surface area contributed by atoms with E-state index in [-0.39, 0.29) is 5.60 Å². The van der Waals surface area contributed by atoms with Crippen molar-refractivity contribution in [2.45, 2.75) is 18.4 Å². The summed E-state index contributed by atoms with van der Waals surface area (Å²) in [5, 5.41) is 0. The van der Waals surface area contributed by atoms with E-state index in [4.69, 9.17) is 4.74 Å². The molecule has 2 aromatic heterocycles. The third-order valence-electron chi connectivity index (χ3n) is 4.70. The second kappa shape index (κ2) is 5.27. The monoisotopic (exact) mass is 336 g/mol. The minimum atomic E-state index is -0.292. The summed E-state index contributed by atoms with van der Waals surface area (Å²) in [5.74, 6) is 1.87. The van der Waals surface area contributed by atoms with Gasteiger partial charge in [-0.3, -0.25) is 0 Å². The van der Waals surface area contributed by atoms with E-state index in [2.05, 4.69) is 38.1 Å². The van der Waals surface area contributed by atoms with E-state index in [0.29, 0.717) is 0 Å². The fourth-order valence-corrected chi connectivity index (χ4v) is 4.19. The Morgan fingerprint density at radius 1 is 1.17 bits per heavy atom. The van der Waals surface area contributed by atoms with Crippen LogP contribution in [0.5, 0.6) is 5.75 Å². The molecule has 0 bridgehead atoms. The van der Waals surface area contributed by atoms with Gasteiger partial charge < -0.3 is 9.64 Å². The molecule has 1 aromatic carbocycles. The first-order chi connectivity index (χ1) is 11.8. The van der Waals surface area contributed by atoms with Gasteiger partial charge >= 0.3 is 0 Å². The number of nitrogens with zero attached hydrogens (tertiary/aromatic N) is 4. The van der Waals surface area contributed by atoms with Gasteiger partial charge in [0.25, 0.3) is 0 Å². The summed E-state index contributed by atoms with van der Waals surface area (Å²) in [5.41, 5.74) is 3.57. The third kappa shape index (κ3) is 2.17. The van der Waals surface area contributed by atoms with Crippen molar-refractivity contribution in [2.24, 2.45) is 0 Å². The van der Waals surface area contributed by atoms with E-state index in [1.165, 1.54) is 0 Å². The number of benzene rings is 1. The molecule has 0 aliphatic carbocycles. The Kier molecular flexibility index (Phi) is 3.06. The summed E-state index contributed by atoms with van der Waals surface area (Å²) in [6, 6.07) is 8.19. The van der Waals surface area contributed by atoms with E-state index in [9.17, 15) is 0 Å². The molecular weight excluding hydrogens is 320 g/mol. The maximum Gasteiger partial charge on any atom is 0.159 e. The average molecular weight is 336 g/mol. The number of anilines is 1. The van der Waals surface area contributed by atoms with E-state index in [1.54, 1.807) is 17.7 Å². The van der Waals surface area contributed by atoms with Crippen molar-refractivity contribution in [1.29, 1.82) is 0 Å². The fourth-order valence-electron chi connectivity index (χ4n) is 3.57. The van der Waals surface area contributed by atoms with Gasteiger partial charge in [0.05, 0.1) is 12.1 Å². The van der Waals surface area contributed by atoms with Gasteiger partial charge in [-0.25, -0.2) is 15.0 Å². The molecule has 1 saturated heterocycles. The van der Waals surface area contributed by atoms with Crippen LogP contribution in [0.25, 0.3) is 16.4 Å². The van der Waals surface area contributed by atoms with Crippen LogP contribution < -0.4 is 9.64 Å². The first kappa shape index (κ1) is 13.9. The highest BCUT2D eigenvalue weighted by molar-refractivity contribution is 7.16. The lowest BCUT2D eigenvalue weighted by Gasteiger charge is -2.43. The predicted octanol–water partition coefficient (Wildman–Crippen LogP) is 3.53. The summed E-state index contributed by atoms with van der Waals surface area (Å²) in [6.45, 7) is 1.74. The van der Waals surface area contributed by atoms with Gasteiger partial charge in [-0.2, -0.15) is 0 Å². The van der Waals surface area contributed by atoms with Crippen LogP contribution in [0.2, 0.25) is 0 Å². The molecule has 2 aliphatic heterocycles. The summed E-state index contributed by atoms with van der Waals surface area (Å²) in [7, 11) is 0. The van der Waals surface area contributed by atoms with Gasteiger partial charge in [0.15, 0.2) is 5.82 Å². The van der Waals surface area contributed by atoms with E-state index >= 15 is 0 Å². The molecule has 6 heteroatoms. The van der Waals surface area contributed by atoms with Gasteiger partial charge in [-0.05, 0) is 25.0 Å². The Morgan fingerprint density at radius 3 is 3.12 bits per heavy atom. The zero-order valence-electron chi connectivity index (χ0n) is 13.1. The molecule has 0 radical (unpaired) electrons. The van der Waals surface area contributed by atoms with Crippen molar-refractivity contribution in [1.82, 2.24) is 15.0 Å². The molecule has 3 aromatic rings. The van der Waals surface area contributed by atoms with Crippen LogP contribution >= 0.6 is 11.3 Å². The lowest BCUT2D eigenvalue weighted by atomic mass is 9.89. The molecule has 4 heterocycles. The molecule has 5 nitrogen and oxygen atoms in total. The number of para-hydroxylation sites is 1. The topological polar surface area (TPSA) is 51.1 Å². The highest BCUT2D eigenvalue weighted by Crippen LogP contribution is 2.37. The lowest BCUT2D eigenvalue weighted by molar-refractivity contribution is 0.0985. The Balaban J connectivity index is 1.50. The van der Waals surface area contributed by atoms with Crippen LogP contribution in [-0.4, -0.2) is 33.6 Å². The maximum absolute atomic E-state index is 6.42. The zero-order valence-corrected chi connectivity index (χ0v) is 13.9. The summed E-state index contributed by atoms with van der Waals surface area (Å²) in [4.78, 5) is 16.5. The minimum Gasteiger partial charge on any atom is -0.481 e. The van der Waals surface area contributed by atoms with Crippen molar-refractivity contribution >= 4 is 33.6 Å². The highest BCUT2D eigenvalue weighted by atomic mass is 32.1. The number of piperidine rings is 1. The molecule has 0 amide bonds. The quantitative estimate of drug-likeness (QED) is 0.680. The number of aromatic nitrogens is 3. The Labute approximate surface area is 143 Å². The first-order valence-corrected chi connectivity index (χ1v) is 8.97. The molecule has 1 unspecified atom stereocenters. The summed E-state index contributed by atoms with van der Waals surface area (Å²) >= 11 is 1.55. The van der Waals surface area contributed by atoms with Crippen molar-refractivity contribution in [3.05, 3.63) is 47.7 Å². The largest absolute Gasteiger partial charge is 0.481 e. The normalized spacial score (nSPS) is 22.6. The van der Waals surface area contributed by atoms with Crippen molar-refractivity contribution in [2.75, 3.05) is 18.0 Å². The van der Waals surface area contributed by atoms with Crippen LogP contribution in [0.15, 0.2) is 42.2 Å². The van der Waals surface area contributed by atoms with Crippen molar-refractivity contribution in [3.63, 3.8) is 0 Å². The molecule has 24 heavy (non-hydrogen) atoms. The van der Waals surface area contributed by atoms with Gasteiger partial charge in [-0.15, -0.1) is 11.3 Å². The predicted molar refractivity (Wildman–Crippen MR) is 95.5 cm³/mol. The van der Waals surface area contributed by atoms with Gasteiger partial charge in [0.2, 0.25) is 0 Å². The molecule has 5 rings (SSSR count). The second-order valence-electron chi connectivity index (χ2n) is 6.27. The lowest BCUT2D eigenvalue weighted by Crippen LogP contribution is -2.51. The summed E-state index contributed by atoms with van der Waals surface area (Å²) < 4.78 is 6.42. The fraction of sp³-hybridized carbons (Fsp3) is 0.278. The number of rotatable bonds is 1. The molecule has 1 atom stereocenters. The third-order valence-corrected chi connectivity index (χ3v) is 5.43. The smallest absolute Gasteiger partial charge is 0.159 e. The average Bonchev–Trinajstić information content (AvgIpc) is 3.10. The minimum absolute atomic E-state index is 0.292. The number of thiazole rings is 1. The van der Waals surface area contributed by atoms with Gasteiger partial charge in [0, 0.05) is 12.1 Å². The molecule has 120 valence electrons. The van der Waals surface area contributed by atoms with E-state index < -0.39 is 0 Å². The molecular formula is C18H16N4OS. The van der Waals surface area contributed by atoms with Gasteiger partial charge in [-0.1, -0.05) is 24.3 Å². The Hall–Kier alpha value is -2.47. The SMILES string of the molecule is C1=CC2(CCCN(c3ncnc4scnc34)C2)Oc2ccccc21. The first-order valence-electron chi connectivity index (χ1n) is 8.09. The van der Waals surface area contributed by atoms with E-state index in [1.807, 2.05) is 23.7 Å². The van der Waals surface area contributed by atoms with Crippen LogP contribution in [0.4, 0.5) is 5.82 Å². The molecule has 0 N–H and O–H groups in total. The number of hydrogen-bond donors (Lipinski definition) is 0. The molecule has 1 spiro atoms. The molecule has 1 fully saturated rings.